The monoisotopic (exact) mass is 309 g/mol. The zero-order valence-corrected chi connectivity index (χ0v) is 13.7. The number of carbonyl (C=O) groups excluding carboxylic acids is 1. The van der Waals surface area contributed by atoms with Crippen LogP contribution in [0.4, 0.5) is 0 Å². The number of amides is 1. The quantitative estimate of drug-likeness (QED) is 0.729. The maximum atomic E-state index is 11.9. The largest absolute Gasteiger partial charge is 0.484 e. The zero-order valence-electron chi connectivity index (χ0n) is 12.8. The average Bonchev–Trinajstić information content (AvgIpc) is 2.44. The van der Waals surface area contributed by atoms with E-state index in [4.69, 9.17) is 22.7 Å². The molecule has 0 aliphatic heterocycles. The molecule has 6 heteroatoms. The Bertz CT molecular complexity index is 474. The Balaban J connectivity index is 2.36. The van der Waals surface area contributed by atoms with Crippen molar-refractivity contribution in [1.29, 1.82) is 0 Å². The van der Waals surface area contributed by atoms with Crippen molar-refractivity contribution in [2.75, 3.05) is 40.8 Å². The Kier molecular flexibility index (Phi) is 7.11. The smallest absolute Gasteiger partial charge is 0.260 e. The lowest BCUT2D eigenvalue weighted by Gasteiger charge is -2.18. The summed E-state index contributed by atoms with van der Waals surface area (Å²) in [4.78, 5) is 16.0. The third kappa shape index (κ3) is 6.55. The van der Waals surface area contributed by atoms with Crippen molar-refractivity contribution in [2.45, 2.75) is 6.42 Å². The first-order chi connectivity index (χ1) is 9.90. The fourth-order valence-corrected chi connectivity index (χ4v) is 1.86. The van der Waals surface area contributed by atoms with Crippen molar-refractivity contribution >= 4 is 23.1 Å². The predicted molar refractivity (Wildman–Crippen MR) is 88.6 cm³/mol. The molecule has 0 spiro atoms. The molecule has 1 aromatic carbocycles. The molecule has 0 fully saturated rings. The van der Waals surface area contributed by atoms with Gasteiger partial charge in [0, 0.05) is 19.2 Å². The molecule has 0 bridgehead atoms. The highest BCUT2D eigenvalue weighted by molar-refractivity contribution is 7.80. The van der Waals surface area contributed by atoms with Crippen LogP contribution in [0.2, 0.25) is 0 Å². The fourth-order valence-electron chi connectivity index (χ4n) is 1.72. The van der Waals surface area contributed by atoms with Crippen LogP contribution < -0.4 is 10.5 Å². The summed E-state index contributed by atoms with van der Waals surface area (Å²) in [6.07, 6.45) is 0.942. The van der Waals surface area contributed by atoms with Crippen LogP contribution in [-0.2, 0) is 4.79 Å². The van der Waals surface area contributed by atoms with Gasteiger partial charge in [-0.1, -0.05) is 12.2 Å². The molecule has 0 radical (unpaired) electrons. The molecule has 2 N–H and O–H groups in total. The van der Waals surface area contributed by atoms with E-state index in [2.05, 4.69) is 4.90 Å². The number of hydrogen-bond acceptors (Lipinski definition) is 4. The van der Waals surface area contributed by atoms with E-state index in [9.17, 15) is 4.79 Å². The number of carbonyl (C=O) groups is 1. The SMILES string of the molecule is CN(C)CCCN(C)C(=O)COc1ccc(C(N)=S)cc1. The van der Waals surface area contributed by atoms with Crippen LogP contribution in [0.1, 0.15) is 12.0 Å². The van der Waals surface area contributed by atoms with E-state index in [1.54, 1.807) is 36.2 Å². The third-order valence-corrected chi connectivity index (χ3v) is 3.26. The molecular weight excluding hydrogens is 286 g/mol. The van der Waals surface area contributed by atoms with E-state index >= 15 is 0 Å². The molecular formula is C15H23N3O2S. The summed E-state index contributed by atoms with van der Waals surface area (Å²) in [5.74, 6) is 0.595. The minimum atomic E-state index is -0.0350. The fraction of sp³-hybridized carbons (Fsp3) is 0.467. The second kappa shape index (κ2) is 8.59. The van der Waals surface area contributed by atoms with Gasteiger partial charge < -0.3 is 20.3 Å². The summed E-state index contributed by atoms with van der Waals surface area (Å²) in [5.41, 5.74) is 6.30. The molecule has 5 nitrogen and oxygen atoms in total. The van der Waals surface area contributed by atoms with Gasteiger partial charge in [-0.05, 0) is 51.3 Å². The van der Waals surface area contributed by atoms with E-state index in [0.29, 0.717) is 10.7 Å². The van der Waals surface area contributed by atoms with E-state index in [1.807, 2.05) is 14.1 Å². The maximum absolute atomic E-state index is 11.9. The Morgan fingerprint density at radius 3 is 2.33 bits per heavy atom. The number of benzene rings is 1. The van der Waals surface area contributed by atoms with Crippen LogP contribution in [0.15, 0.2) is 24.3 Å². The summed E-state index contributed by atoms with van der Waals surface area (Å²) in [6, 6.07) is 7.08. The molecule has 1 amide bonds. The highest BCUT2D eigenvalue weighted by Crippen LogP contribution is 2.12. The minimum absolute atomic E-state index is 0.0326. The molecule has 0 saturated heterocycles. The molecule has 21 heavy (non-hydrogen) atoms. The predicted octanol–water partition coefficient (Wildman–Crippen LogP) is 1.11. The van der Waals surface area contributed by atoms with E-state index in [-0.39, 0.29) is 12.5 Å². The third-order valence-electron chi connectivity index (χ3n) is 3.03. The summed E-state index contributed by atoms with van der Waals surface area (Å²) < 4.78 is 5.47. The van der Waals surface area contributed by atoms with E-state index in [0.717, 1.165) is 25.1 Å². The molecule has 0 atom stereocenters. The molecule has 0 aromatic heterocycles. The molecule has 116 valence electrons. The molecule has 0 aliphatic rings. The van der Waals surface area contributed by atoms with Crippen molar-refractivity contribution in [2.24, 2.45) is 5.73 Å². The van der Waals surface area contributed by atoms with Crippen LogP contribution in [0.5, 0.6) is 5.75 Å². The second-order valence-corrected chi connectivity index (χ2v) is 5.59. The average molecular weight is 309 g/mol. The Morgan fingerprint density at radius 1 is 1.19 bits per heavy atom. The van der Waals surface area contributed by atoms with Gasteiger partial charge in [0.25, 0.3) is 5.91 Å². The standard InChI is InChI=1S/C15H23N3O2S/c1-17(2)9-4-10-18(3)14(19)11-20-13-7-5-12(6-8-13)15(16)21/h5-8H,4,9-11H2,1-3H3,(H2,16,21). The van der Waals surface area contributed by atoms with Crippen molar-refractivity contribution in [3.05, 3.63) is 29.8 Å². The molecule has 1 aromatic rings. The van der Waals surface area contributed by atoms with Gasteiger partial charge in [-0.3, -0.25) is 4.79 Å². The Morgan fingerprint density at radius 2 is 1.81 bits per heavy atom. The highest BCUT2D eigenvalue weighted by Gasteiger charge is 2.09. The van der Waals surface area contributed by atoms with E-state index < -0.39 is 0 Å². The molecule has 0 saturated carbocycles. The topological polar surface area (TPSA) is 58.8 Å². The highest BCUT2D eigenvalue weighted by atomic mass is 32.1. The van der Waals surface area contributed by atoms with Gasteiger partial charge in [0.15, 0.2) is 6.61 Å². The number of nitrogens with two attached hydrogens (primary N) is 1. The van der Waals surface area contributed by atoms with Gasteiger partial charge in [0.2, 0.25) is 0 Å². The molecule has 0 unspecified atom stereocenters. The van der Waals surface area contributed by atoms with Crippen LogP contribution in [-0.4, -0.2) is 61.5 Å². The maximum Gasteiger partial charge on any atom is 0.260 e. The number of rotatable bonds is 8. The summed E-state index contributed by atoms with van der Waals surface area (Å²) in [7, 11) is 5.82. The number of ether oxygens (including phenoxy) is 1. The van der Waals surface area contributed by atoms with Gasteiger partial charge in [-0.25, -0.2) is 0 Å². The summed E-state index contributed by atoms with van der Waals surface area (Å²) in [5, 5.41) is 0. The van der Waals surface area contributed by atoms with Gasteiger partial charge in [0.1, 0.15) is 10.7 Å². The number of thiocarbonyl (C=S) groups is 1. The Labute approximate surface area is 131 Å². The number of likely N-dealkylation sites (N-methyl/N-ethyl adjacent to an activating group) is 1. The first kappa shape index (κ1) is 17.4. The van der Waals surface area contributed by atoms with Crippen LogP contribution in [0.3, 0.4) is 0 Å². The van der Waals surface area contributed by atoms with Crippen molar-refractivity contribution in [3.63, 3.8) is 0 Å². The summed E-state index contributed by atoms with van der Waals surface area (Å²) in [6.45, 7) is 1.71. The lowest BCUT2D eigenvalue weighted by molar-refractivity contribution is -0.132. The lowest BCUT2D eigenvalue weighted by Crippen LogP contribution is -2.33. The lowest BCUT2D eigenvalue weighted by atomic mass is 10.2. The summed E-state index contributed by atoms with van der Waals surface area (Å²) >= 11 is 4.88. The van der Waals surface area contributed by atoms with Gasteiger partial charge in [0.05, 0.1) is 0 Å². The van der Waals surface area contributed by atoms with E-state index in [1.165, 1.54) is 0 Å². The Hall–Kier alpha value is -1.66. The molecule has 1 rings (SSSR count). The van der Waals surface area contributed by atoms with Crippen molar-refractivity contribution in [1.82, 2.24) is 9.80 Å². The van der Waals surface area contributed by atoms with Gasteiger partial charge in [-0.15, -0.1) is 0 Å². The van der Waals surface area contributed by atoms with Gasteiger partial charge >= 0.3 is 0 Å². The van der Waals surface area contributed by atoms with Crippen molar-refractivity contribution < 1.29 is 9.53 Å². The minimum Gasteiger partial charge on any atom is -0.484 e. The zero-order chi connectivity index (χ0) is 15.8. The van der Waals surface area contributed by atoms with Crippen molar-refractivity contribution in [3.8, 4) is 5.75 Å². The van der Waals surface area contributed by atoms with Crippen LogP contribution in [0, 0.1) is 0 Å². The van der Waals surface area contributed by atoms with Gasteiger partial charge in [-0.2, -0.15) is 0 Å². The number of nitrogens with zero attached hydrogens (tertiary/aromatic N) is 2. The first-order valence-corrected chi connectivity index (χ1v) is 7.22. The van der Waals surface area contributed by atoms with Crippen LogP contribution >= 0.6 is 12.2 Å². The van der Waals surface area contributed by atoms with Crippen LogP contribution in [0.25, 0.3) is 0 Å². The molecule has 0 aliphatic carbocycles. The second-order valence-electron chi connectivity index (χ2n) is 5.15. The first-order valence-electron chi connectivity index (χ1n) is 6.81. The normalized spacial score (nSPS) is 10.5. The molecule has 0 heterocycles. The number of hydrogen-bond donors (Lipinski definition) is 1.